The van der Waals surface area contributed by atoms with Gasteiger partial charge in [-0.25, -0.2) is 0 Å². The van der Waals surface area contributed by atoms with Crippen molar-refractivity contribution in [2.75, 3.05) is 0 Å². The molecule has 15 heavy (non-hydrogen) atoms. The minimum atomic E-state index is -0.0577. The van der Waals surface area contributed by atoms with Crippen molar-refractivity contribution in [1.29, 1.82) is 0 Å². The molecule has 1 aromatic carbocycles. The predicted molar refractivity (Wildman–Crippen MR) is 65.4 cm³/mol. The van der Waals surface area contributed by atoms with E-state index in [-0.39, 0.29) is 11.9 Å². The van der Waals surface area contributed by atoms with E-state index < -0.39 is 0 Å². The Balaban J connectivity index is 2.61. The number of hydrogen-bond donors (Lipinski definition) is 2. The van der Waals surface area contributed by atoms with Gasteiger partial charge in [-0.3, -0.25) is 4.79 Å². The molecule has 0 heterocycles. The molecule has 1 atom stereocenters. The Morgan fingerprint density at radius 2 is 2.13 bits per heavy atom. The lowest BCUT2D eigenvalue weighted by atomic mass is 10.2. The molecule has 0 spiro atoms. The van der Waals surface area contributed by atoms with Crippen molar-refractivity contribution >= 4 is 18.5 Å². The van der Waals surface area contributed by atoms with Gasteiger partial charge in [0.15, 0.2) is 0 Å². The number of nitrogens with one attached hydrogen (secondary N) is 1. The van der Waals surface area contributed by atoms with E-state index >= 15 is 0 Å². The number of hydrogen-bond acceptors (Lipinski definition) is 2. The highest BCUT2D eigenvalue weighted by molar-refractivity contribution is 7.80. The zero-order valence-electron chi connectivity index (χ0n) is 8.73. The Kier molecular flexibility index (Phi) is 4.43. The highest BCUT2D eigenvalue weighted by Crippen LogP contribution is 2.08. The summed E-state index contributed by atoms with van der Waals surface area (Å²) in [6, 6.07) is 7.24. The summed E-state index contributed by atoms with van der Waals surface area (Å²) >= 11 is 4.16. The number of carbonyl (C=O) groups excluding carboxylic acids is 1. The maximum atomic E-state index is 11.7. The van der Waals surface area contributed by atoms with Crippen LogP contribution in [0, 0.1) is 0 Å². The van der Waals surface area contributed by atoms with Gasteiger partial charge in [-0.2, -0.15) is 0 Å². The topological polar surface area (TPSA) is 29.1 Å². The fraction of sp³-hybridized carbons (Fsp3) is 0.250. The quantitative estimate of drug-likeness (QED) is 0.594. The van der Waals surface area contributed by atoms with E-state index in [2.05, 4.69) is 24.5 Å². The lowest BCUT2D eigenvalue weighted by molar-refractivity contribution is 0.0940. The number of carbonyl (C=O) groups is 1. The molecule has 0 bridgehead atoms. The summed E-state index contributed by atoms with van der Waals surface area (Å²) in [5, 5.41) is 2.88. The van der Waals surface area contributed by atoms with Crippen LogP contribution in [-0.4, -0.2) is 11.9 Å². The van der Waals surface area contributed by atoms with Crippen LogP contribution < -0.4 is 5.32 Å². The SMILES string of the molecule is C=CCC(C)NC(=O)c1ccc(S)cc1. The Morgan fingerprint density at radius 1 is 1.53 bits per heavy atom. The van der Waals surface area contributed by atoms with Crippen molar-refractivity contribution in [2.24, 2.45) is 0 Å². The summed E-state index contributed by atoms with van der Waals surface area (Å²) in [4.78, 5) is 12.5. The standard InChI is InChI=1S/C12H15NOS/c1-3-4-9(2)13-12(14)10-5-7-11(15)8-6-10/h3,5-9,15H,1,4H2,2H3,(H,13,14). The van der Waals surface area contributed by atoms with Crippen LogP contribution in [0.25, 0.3) is 0 Å². The molecule has 80 valence electrons. The average Bonchev–Trinajstić information content (AvgIpc) is 2.18. The maximum absolute atomic E-state index is 11.7. The van der Waals surface area contributed by atoms with Crippen molar-refractivity contribution in [2.45, 2.75) is 24.3 Å². The Morgan fingerprint density at radius 3 is 2.67 bits per heavy atom. The minimum Gasteiger partial charge on any atom is -0.349 e. The molecule has 0 aromatic heterocycles. The van der Waals surface area contributed by atoms with Gasteiger partial charge in [-0.15, -0.1) is 19.2 Å². The van der Waals surface area contributed by atoms with Crippen molar-refractivity contribution in [3.8, 4) is 0 Å². The molecular formula is C12H15NOS. The van der Waals surface area contributed by atoms with Crippen LogP contribution in [0.5, 0.6) is 0 Å². The van der Waals surface area contributed by atoms with Gasteiger partial charge in [0.05, 0.1) is 0 Å². The third kappa shape index (κ3) is 3.80. The number of benzene rings is 1. The second-order valence-corrected chi connectivity index (χ2v) is 3.96. The molecule has 1 rings (SSSR count). The fourth-order valence-corrected chi connectivity index (χ4v) is 1.38. The van der Waals surface area contributed by atoms with Crippen molar-refractivity contribution in [1.82, 2.24) is 5.32 Å². The third-order valence-electron chi connectivity index (χ3n) is 2.03. The molecule has 0 aliphatic rings. The smallest absolute Gasteiger partial charge is 0.251 e. The summed E-state index contributed by atoms with van der Waals surface area (Å²) in [5.74, 6) is -0.0577. The zero-order chi connectivity index (χ0) is 11.3. The summed E-state index contributed by atoms with van der Waals surface area (Å²) in [6.07, 6.45) is 2.57. The molecule has 0 aliphatic heterocycles. The molecule has 1 N–H and O–H groups in total. The van der Waals surface area contributed by atoms with Gasteiger partial charge in [0, 0.05) is 16.5 Å². The van der Waals surface area contributed by atoms with Gasteiger partial charge in [0.1, 0.15) is 0 Å². The second-order valence-electron chi connectivity index (χ2n) is 3.45. The van der Waals surface area contributed by atoms with Gasteiger partial charge < -0.3 is 5.32 Å². The van der Waals surface area contributed by atoms with Crippen molar-refractivity contribution in [3.05, 3.63) is 42.5 Å². The lowest BCUT2D eigenvalue weighted by Gasteiger charge is -2.11. The molecular weight excluding hydrogens is 206 g/mol. The van der Waals surface area contributed by atoms with Gasteiger partial charge in [0.2, 0.25) is 0 Å². The van der Waals surface area contributed by atoms with E-state index in [1.54, 1.807) is 30.3 Å². The van der Waals surface area contributed by atoms with E-state index in [1.165, 1.54) is 0 Å². The first-order valence-corrected chi connectivity index (χ1v) is 5.29. The Hall–Kier alpha value is -1.22. The summed E-state index contributed by atoms with van der Waals surface area (Å²) in [6.45, 7) is 5.58. The van der Waals surface area contributed by atoms with Gasteiger partial charge in [-0.1, -0.05) is 6.08 Å². The molecule has 0 saturated carbocycles. The Labute approximate surface area is 95.8 Å². The fourth-order valence-electron chi connectivity index (χ4n) is 1.23. The first-order chi connectivity index (χ1) is 7.13. The molecule has 0 fully saturated rings. The summed E-state index contributed by atoms with van der Waals surface area (Å²) in [7, 11) is 0. The molecule has 1 unspecified atom stereocenters. The third-order valence-corrected chi connectivity index (χ3v) is 2.33. The summed E-state index contributed by atoms with van der Waals surface area (Å²) < 4.78 is 0. The van der Waals surface area contributed by atoms with Crippen LogP contribution in [-0.2, 0) is 0 Å². The van der Waals surface area contributed by atoms with Crippen LogP contribution in [0.2, 0.25) is 0 Å². The van der Waals surface area contributed by atoms with Gasteiger partial charge in [0.25, 0.3) is 5.91 Å². The first-order valence-electron chi connectivity index (χ1n) is 4.84. The largest absolute Gasteiger partial charge is 0.349 e. The number of amides is 1. The van der Waals surface area contributed by atoms with Crippen LogP contribution >= 0.6 is 12.6 Å². The lowest BCUT2D eigenvalue weighted by Crippen LogP contribution is -2.31. The molecule has 2 nitrogen and oxygen atoms in total. The minimum absolute atomic E-state index is 0.0577. The van der Waals surface area contributed by atoms with Gasteiger partial charge >= 0.3 is 0 Å². The average molecular weight is 221 g/mol. The van der Waals surface area contributed by atoms with E-state index in [9.17, 15) is 4.79 Å². The normalized spacial score (nSPS) is 11.9. The van der Waals surface area contributed by atoms with Gasteiger partial charge in [-0.05, 0) is 37.6 Å². The number of rotatable bonds is 4. The van der Waals surface area contributed by atoms with E-state index in [0.717, 1.165) is 11.3 Å². The van der Waals surface area contributed by atoms with E-state index in [0.29, 0.717) is 5.56 Å². The molecule has 0 radical (unpaired) electrons. The summed E-state index contributed by atoms with van der Waals surface area (Å²) in [5.41, 5.74) is 0.656. The highest BCUT2D eigenvalue weighted by atomic mass is 32.1. The zero-order valence-corrected chi connectivity index (χ0v) is 9.63. The van der Waals surface area contributed by atoms with Crippen molar-refractivity contribution in [3.63, 3.8) is 0 Å². The van der Waals surface area contributed by atoms with Crippen LogP contribution in [0.3, 0.4) is 0 Å². The molecule has 0 saturated heterocycles. The molecule has 1 aromatic rings. The second kappa shape index (κ2) is 5.61. The molecule has 0 aliphatic carbocycles. The van der Waals surface area contributed by atoms with Crippen molar-refractivity contribution < 1.29 is 4.79 Å². The van der Waals surface area contributed by atoms with E-state index in [1.807, 2.05) is 6.92 Å². The predicted octanol–water partition coefficient (Wildman–Crippen LogP) is 2.67. The van der Waals surface area contributed by atoms with Crippen LogP contribution in [0.15, 0.2) is 41.8 Å². The maximum Gasteiger partial charge on any atom is 0.251 e. The van der Waals surface area contributed by atoms with Crippen LogP contribution in [0.1, 0.15) is 23.7 Å². The monoisotopic (exact) mass is 221 g/mol. The molecule has 3 heteroatoms. The highest BCUT2D eigenvalue weighted by Gasteiger charge is 2.07. The Bertz CT molecular complexity index is 345. The van der Waals surface area contributed by atoms with E-state index in [4.69, 9.17) is 0 Å². The number of thiol groups is 1. The first kappa shape index (κ1) is 11.9. The molecule has 1 amide bonds. The van der Waals surface area contributed by atoms with Crippen LogP contribution in [0.4, 0.5) is 0 Å².